The molecule has 0 saturated carbocycles. The van der Waals surface area contributed by atoms with Gasteiger partial charge in [0.15, 0.2) is 0 Å². The van der Waals surface area contributed by atoms with E-state index in [-0.39, 0.29) is 0 Å². The molecule has 1 aromatic carbocycles. The molecule has 0 bridgehead atoms. The smallest absolute Gasteiger partial charge is 0.0195 e. The van der Waals surface area contributed by atoms with Crippen molar-refractivity contribution in [3.05, 3.63) is 35.4 Å². The first kappa shape index (κ1) is 15.6. The van der Waals surface area contributed by atoms with E-state index in [1.54, 1.807) is 0 Å². The highest BCUT2D eigenvalue weighted by molar-refractivity contribution is 5.25. The summed E-state index contributed by atoms with van der Waals surface area (Å²) in [6.45, 7) is 8.39. The molecule has 82 valence electrons. The van der Waals surface area contributed by atoms with E-state index >= 15 is 0 Å². The molecular formula is C13H25N. The first-order valence-corrected chi connectivity index (χ1v) is 5.47. The van der Waals surface area contributed by atoms with Crippen molar-refractivity contribution in [2.45, 2.75) is 40.5 Å². The number of hydrogen-bond acceptors (Lipinski definition) is 1. The van der Waals surface area contributed by atoms with Crippen molar-refractivity contribution >= 4 is 0 Å². The molecule has 1 rings (SSSR count). The molecule has 0 heterocycles. The van der Waals surface area contributed by atoms with Crippen molar-refractivity contribution < 1.29 is 0 Å². The van der Waals surface area contributed by atoms with Gasteiger partial charge in [-0.2, -0.15) is 0 Å². The highest BCUT2D eigenvalue weighted by Gasteiger charge is 1.92. The summed E-state index contributed by atoms with van der Waals surface area (Å²) in [5, 5.41) is 0. The first-order chi connectivity index (χ1) is 6.84. The molecule has 0 aliphatic rings. The molecule has 0 aromatic heterocycles. The van der Waals surface area contributed by atoms with E-state index in [2.05, 4.69) is 43.8 Å². The van der Waals surface area contributed by atoms with Crippen LogP contribution in [0.3, 0.4) is 0 Å². The van der Waals surface area contributed by atoms with E-state index in [1.165, 1.54) is 31.0 Å². The standard InChI is InChI=1S/C10H14.C2H6.CH5N/c1-3-6-10-8-5-4-7-9(10)2;2*1-2/h4-5,7-8H,3,6H2,1-2H3;1-2H3;2H2,1H3. The molecular weight excluding hydrogens is 170 g/mol. The van der Waals surface area contributed by atoms with Crippen LogP contribution in [-0.2, 0) is 6.42 Å². The summed E-state index contributed by atoms with van der Waals surface area (Å²) in [5.41, 5.74) is 7.41. The van der Waals surface area contributed by atoms with Crippen LogP contribution in [0.2, 0.25) is 0 Å². The van der Waals surface area contributed by atoms with Gasteiger partial charge in [0.1, 0.15) is 0 Å². The second kappa shape index (κ2) is 12.2. The average molecular weight is 195 g/mol. The fraction of sp³-hybridized carbons (Fsp3) is 0.538. The summed E-state index contributed by atoms with van der Waals surface area (Å²) in [7, 11) is 1.50. The molecule has 0 atom stereocenters. The Balaban J connectivity index is 0. The van der Waals surface area contributed by atoms with Crippen molar-refractivity contribution in [3.8, 4) is 0 Å². The van der Waals surface area contributed by atoms with Gasteiger partial charge in [0.2, 0.25) is 0 Å². The van der Waals surface area contributed by atoms with Gasteiger partial charge in [-0.3, -0.25) is 0 Å². The Morgan fingerprint density at radius 3 is 2.00 bits per heavy atom. The van der Waals surface area contributed by atoms with Crippen molar-refractivity contribution in [1.82, 2.24) is 0 Å². The zero-order valence-corrected chi connectivity index (χ0v) is 10.3. The fourth-order valence-corrected chi connectivity index (χ4v) is 1.16. The Morgan fingerprint density at radius 2 is 1.57 bits per heavy atom. The van der Waals surface area contributed by atoms with Crippen LogP contribution in [-0.4, -0.2) is 7.05 Å². The SMILES string of the molecule is CC.CCCc1ccccc1C.CN. The van der Waals surface area contributed by atoms with Crippen LogP contribution >= 0.6 is 0 Å². The van der Waals surface area contributed by atoms with Crippen molar-refractivity contribution in [2.75, 3.05) is 7.05 Å². The van der Waals surface area contributed by atoms with Crippen LogP contribution in [0.1, 0.15) is 38.3 Å². The zero-order chi connectivity index (χ0) is 11.4. The van der Waals surface area contributed by atoms with Crippen LogP contribution in [0.4, 0.5) is 0 Å². The lowest BCUT2D eigenvalue weighted by Crippen LogP contribution is -1.85. The predicted molar refractivity (Wildman–Crippen MR) is 66.6 cm³/mol. The summed E-state index contributed by atoms with van der Waals surface area (Å²) in [5.74, 6) is 0. The van der Waals surface area contributed by atoms with Crippen molar-refractivity contribution in [3.63, 3.8) is 0 Å². The molecule has 0 spiro atoms. The molecule has 1 aromatic rings. The number of rotatable bonds is 2. The van der Waals surface area contributed by atoms with Gasteiger partial charge < -0.3 is 5.73 Å². The Labute approximate surface area is 89.3 Å². The minimum Gasteiger partial charge on any atom is -0.333 e. The number of aryl methyl sites for hydroxylation is 2. The van der Waals surface area contributed by atoms with Gasteiger partial charge >= 0.3 is 0 Å². The molecule has 0 aliphatic heterocycles. The molecule has 2 N–H and O–H groups in total. The first-order valence-electron chi connectivity index (χ1n) is 5.47. The molecule has 0 radical (unpaired) electrons. The second-order valence-corrected chi connectivity index (χ2v) is 2.68. The third kappa shape index (κ3) is 6.67. The molecule has 1 nitrogen and oxygen atoms in total. The van der Waals surface area contributed by atoms with E-state index in [4.69, 9.17) is 0 Å². The van der Waals surface area contributed by atoms with Gasteiger partial charge in [0.05, 0.1) is 0 Å². The fourth-order valence-electron chi connectivity index (χ4n) is 1.16. The predicted octanol–water partition coefficient (Wildman–Crippen LogP) is 3.55. The Morgan fingerprint density at radius 1 is 1.07 bits per heavy atom. The van der Waals surface area contributed by atoms with Crippen LogP contribution in [0.5, 0.6) is 0 Å². The summed E-state index contributed by atoms with van der Waals surface area (Å²) >= 11 is 0. The highest BCUT2D eigenvalue weighted by atomic mass is 14.4. The second-order valence-electron chi connectivity index (χ2n) is 2.68. The number of nitrogens with two attached hydrogens (primary N) is 1. The summed E-state index contributed by atoms with van der Waals surface area (Å²) in [6.07, 6.45) is 2.46. The molecule has 0 unspecified atom stereocenters. The van der Waals surface area contributed by atoms with Crippen LogP contribution in [0.25, 0.3) is 0 Å². The maximum atomic E-state index is 4.50. The zero-order valence-electron chi connectivity index (χ0n) is 10.3. The number of benzene rings is 1. The van der Waals surface area contributed by atoms with Gasteiger partial charge in [-0.1, -0.05) is 51.5 Å². The number of hydrogen-bond donors (Lipinski definition) is 1. The molecule has 0 fully saturated rings. The molecule has 1 heteroatoms. The third-order valence-corrected chi connectivity index (χ3v) is 1.78. The van der Waals surface area contributed by atoms with Gasteiger partial charge in [-0.25, -0.2) is 0 Å². The minimum atomic E-state index is 1.21. The van der Waals surface area contributed by atoms with E-state index < -0.39 is 0 Å². The maximum Gasteiger partial charge on any atom is -0.0195 e. The monoisotopic (exact) mass is 195 g/mol. The van der Waals surface area contributed by atoms with Crippen LogP contribution < -0.4 is 5.73 Å². The Kier molecular flexibility index (Phi) is 13.6. The quantitative estimate of drug-likeness (QED) is 0.767. The summed E-state index contributed by atoms with van der Waals surface area (Å²) in [6, 6.07) is 8.58. The average Bonchev–Trinajstić information content (AvgIpc) is 2.28. The lowest BCUT2D eigenvalue weighted by molar-refractivity contribution is 0.913. The Hall–Kier alpha value is -0.820. The summed E-state index contributed by atoms with van der Waals surface area (Å²) < 4.78 is 0. The van der Waals surface area contributed by atoms with Crippen LogP contribution in [0.15, 0.2) is 24.3 Å². The van der Waals surface area contributed by atoms with E-state index in [0.29, 0.717) is 0 Å². The van der Waals surface area contributed by atoms with Gasteiger partial charge in [0.25, 0.3) is 0 Å². The minimum absolute atomic E-state index is 1.21. The largest absolute Gasteiger partial charge is 0.333 e. The van der Waals surface area contributed by atoms with Gasteiger partial charge in [-0.05, 0) is 31.5 Å². The lowest BCUT2D eigenvalue weighted by Gasteiger charge is -2.01. The van der Waals surface area contributed by atoms with Crippen molar-refractivity contribution in [2.24, 2.45) is 5.73 Å². The van der Waals surface area contributed by atoms with E-state index in [0.717, 1.165) is 0 Å². The lowest BCUT2D eigenvalue weighted by atomic mass is 10.1. The normalized spacial score (nSPS) is 7.86. The molecule has 0 aliphatic carbocycles. The third-order valence-electron chi connectivity index (χ3n) is 1.78. The van der Waals surface area contributed by atoms with Gasteiger partial charge in [-0.15, -0.1) is 0 Å². The Bertz CT molecular complexity index is 206. The van der Waals surface area contributed by atoms with Crippen LogP contribution in [0, 0.1) is 6.92 Å². The van der Waals surface area contributed by atoms with E-state index in [1.807, 2.05) is 13.8 Å². The van der Waals surface area contributed by atoms with Crippen molar-refractivity contribution in [1.29, 1.82) is 0 Å². The molecule has 14 heavy (non-hydrogen) atoms. The van der Waals surface area contributed by atoms with Gasteiger partial charge in [0, 0.05) is 0 Å². The van der Waals surface area contributed by atoms with E-state index in [9.17, 15) is 0 Å². The summed E-state index contributed by atoms with van der Waals surface area (Å²) in [4.78, 5) is 0. The molecule has 0 saturated heterocycles. The highest BCUT2D eigenvalue weighted by Crippen LogP contribution is 2.08. The molecule has 0 amide bonds. The maximum absolute atomic E-state index is 4.50. The topological polar surface area (TPSA) is 26.0 Å².